The lowest BCUT2D eigenvalue weighted by molar-refractivity contribution is -0.142. The first-order valence-electron chi connectivity index (χ1n) is 13.4. The molecule has 2 rings (SSSR count). The Labute approximate surface area is 247 Å². The van der Waals surface area contributed by atoms with E-state index < -0.39 is 84.7 Å². The Morgan fingerprint density at radius 1 is 0.860 bits per heavy atom. The number of aliphatic hydroxyl groups excluding tert-OH is 1. The molecule has 0 saturated heterocycles. The summed E-state index contributed by atoms with van der Waals surface area (Å²) in [5, 5.41) is 28.7. The van der Waals surface area contributed by atoms with Crippen molar-refractivity contribution in [2.75, 3.05) is 6.61 Å². The largest absolute Gasteiger partial charge is 0.480 e. The highest BCUT2D eigenvalue weighted by Crippen LogP contribution is 2.07. The van der Waals surface area contributed by atoms with E-state index in [-0.39, 0.29) is 12.8 Å². The van der Waals surface area contributed by atoms with Gasteiger partial charge in [0.25, 0.3) is 0 Å². The van der Waals surface area contributed by atoms with E-state index in [1.54, 1.807) is 44.2 Å². The Morgan fingerprint density at radius 3 is 2.00 bits per heavy atom. The van der Waals surface area contributed by atoms with E-state index in [9.17, 15) is 39.0 Å². The number of aliphatic carboxylic acids is 1. The van der Waals surface area contributed by atoms with Crippen molar-refractivity contribution >= 4 is 35.5 Å². The number of aromatic amines is 1. The smallest absolute Gasteiger partial charge is 0.326 e. The highest BCUT2D eigenvalue weighted by Gasteiger charge is 2.33. The third-order valence-corrected chi connectivity index (χ3v) is 6.33. The van der Waals surface area contributed by atoms with Crippen LogP contribution in [0.1, 0.15) is 31.5 Å². The molecule has 0 aliphatic rings. The predicted molar refractivity (Wildman–Crippen MR) is 152 cm³/mol. The van der Waals surface area contributed by atoms with Crippen LogP contribution in [0.3, 0.4) is 0 Å². The van der Waals surface area contributed by atoms with Gasteiger partial charge in [0.1, 0.15) is 24.2 Å². The van der Waals surface area contributed by atoms with Crippen LogP contribution < -0.4 is 32.7 Å². The summed E-state index contributed by atoms with van der Waals surface area (Å²) >= 11 is 0. The van der Waals surface area contributed by atoms with Gasteiger partial charge in [-0.25, -0.2) is 9.78 Å². The van der Waals surface area contributed by atoms with Crippen molar-refractivity contribution in [3.8, 4) is 0 Å². The van der Waals surface area contributed by atoms with Gasteiger partial charge in [0.2, 0.25) is 29.5 Å². The minimum absolute atomic E-state index is 0.0672. The Morgan fingerprint density at radius 2 is 1.47 bits per heavy atom. The maximum absolute atomic E-state index is 13.1. The van der Waals surface area contributed by atoms with Crippen LogP contribution in [0, 0.1) is 5.92 Å². The number of carbonyl (C=O) groups is 6. The summed E-state index contributed by atoms with van der Waals surface area (Å²) in [5.74, 6) is -6.34. The number of carbonyl (C=O) groups excluding carboxylic acids is 5. The van der Waals surface area contributed by atoms with E-state index in [1.165, 1.54) is 12.5 Å². The normalized spacial score (nSPS) is 14.4. The summed E-state index contributed by atoms with van der Waals surface area (Å²) in [5.41, 5.74) is 12.4. The third-order valence-electron chi connectivity index (χ3n) is 6.33. The fraction of sp³-hybridized carbons (Fsp3) is 0.444. The molecule has 1 aromatic carbocycles. The minimum atomic E-state index is -1.63. The van der Waals surface area contributed by atoms with Crippen molar-refractivity contribution in [2.24, 2.45) is 17.4 Å². The molecule has 11 N–H and O–H groups in total. The number of carboxylic acids is 1. The molecule has 0 saturated carbocycles. The van der Waals surface area contributed by atoms with Crippen molar-refractivity contribution in [2.45, 2.75) is 63.3 Å². The SMILES string of the molecule is CC(C)[C@H](NC(=O)[C@@H](N)Cc1cnc[nH]1)C(=O)N[C@@H](CC(N)=O)C(=O)N[C@@H](CO)C(=O)N[C@@H](Cc1ccccc1)C(=O)O. The molecule has 0 spiro atoms. The fourth-order valence-electron chi connectivity index (χ4n) is 3.98. The van der Waals surface area contributed by atoms with E-state index in [0.717, 1.165) is 0 Å². The van der Waals surface area contributed by atoms with E-state index in [2.05, 4.69) is 31.2 Å². The zero-order chi connectivity index (χ0) is 32.1. The van der Waals surface area contributed by atoms with Crippen molar-refractivity contribution in [1.29, 1.82) is 0 Å². The standard InChI is InChI=1S/C27H38N8O8/c1-14(2)22(35-23(38)17(28)9-16-11-30-13-31-16)26(41)32-18(10-21(29)37)24(39)34-20(12-36)25(40)33-19(27(42)43)8-15-6-4-3-5-7-15/h3-7,11,13-14,17-20,22,36H,8-10,12,28H2,1-2H3,(H2,29,37)(H,30,31)(H,32,41)(H,33,40)(H,34,39)(H,35,38)(H,42,43)/t17-,18-,19-,20-,22-/m0/s1. The summed E-state index contributed by atoms with van der Waals surface area (Å²) in [6.45, 7) is 2.34. The Kier molecular flexibility index (Phi) is 13.2. The molecule has 0 radical (unpaired) electrons. The lowest BCUT2D eigenvalue weighted by Crippen LogP contribution is -2.60. The molecular formula is C27H38N8O8. The lowest BCUT2D eigenvalue weighted by Gasteiger charge is -2.27. The fourth-order valence-corrected chi connectivity index (χ4v) is 3.98. The van der Waals surface area contributed by atoms with Crippen LogP contribution in [-0.2, 0) is 41.6 Å². The van der Waals surface area contributed by atoms with Gasteiger partial charge in [-0.05, 0) is 11.5 Å². The van der Waals surface area contributed by atoms with Gasteiger partial charge < -0.3 is 47.9 Å². The number of hydrogen-bond donors (Lipinski definition) is 9. The first kappa shape index (κ1) is 34.4. The van der Waals surface area contributed by atoms with Crippen LogP contribution in [0.15, 0.2) is 42.9 Å². The average molecular weight is 603 g/mol. The molecule has 1 aromatic heterocycles. The number of nitrogens with two attached hydrogens (primary N) is 2. The molecule has 1 heterocycles. The third kappa shape index (κ3) is 11.2. The minimum Gasteiger partial charge on any atom is -0.480 e. The molecule has 0 bridgehead atoms. The first-order valence-corrected chi connectivity index (χ1v) is 13.4. The number of H-pyrrole nitrogens is 1. The van der Waals surface area contributed by atoms with Gasteiger partial charge in [0.05, 0.1) is 25.4 Å². The van der Waals surface area contributed by atoms with E-state index >= 15 is 0 Å². The number of aromatic nitrogens is 2. The molecule has 43 heavy (non-hydrogen) atoms. The van der Waals surface area contributed by atoms with Crippen molar-refractivity contribution in [1.82, 2.24) is 31.2 Å². The van der Waals surface area contributed by atoms with Gasteiger partial charge in [-0.15, -0.1) is 0 Å². The van der Waals surface area contributed by atoms with E-state index in [1.807, 2.05) is 0 Å². The van der Waals surface area contributed by atoms with E-state index in [4.69, 9.17) is 11.5 Å². The molecule has 0 aliphatic heterocycles. The topological polar surface area (TPSA) is 272 Å². The van der Waals surface area contributed by atoms with Gasteiger partial charge in [-0.2, -0.15) is 0 Å². The number of primary amides is 1. The number of carboxylic acid groups (broad SMARTS) is 1. The highest BCUT2D eigenvalue weighted by molar-refractivity contribution is 5.97. The Bertz CT molecular complexity index is 1250. The molecule has 16 nitrogen and oxygen atoms in total. The monoisotopic (exact) mass is 602 g/mol. The van der Waals surface area contributed by atoms with Crippen molar-refractivity contribution in [3.63, 3.8) is 0 Å². The number of aliphatic hydroxyl groups is 1. The predicted octanol–water partition coefficient (Wildman–Crippen LogP) is -2.93. The average Bonchev–Trinajstić information content (AvgIpc) is 3.46. The van der Waals surface area contributed by atoms with Crippen molar-refractivity contribution in [3.05, 3.63) is 54.1 Å². The van der Waals surface area contributed by atoms with Gasteiger partial charge in [0, 0.05) is 24.7 Å². The molecule has 2 aromatic rings. The molecule has 0 fully saturated rings. The number of nitrogens with zero attached hydrogens (tertiary/aromatic N) is 1. The molecule has 5 atom stereocenters. The van der Waals surface area contributed by atoms with Gasteiger partial charge in [-0.1, -0.05) is 44.2 Å². The molecule has 0 aliphatic carbocycles. The summed E-state index contributed by atoms with van der Waals surface area (Å²) in [4.78, 5) is 81.7. The Hall–Kier alpha value is -4.83. The quantitative estimate of drug-likeness (QED) is 0.0889. The summed E-state index contributed by atoms with van der Waals surface area (Å²) in [7, 11) is 0. The zero-order valence-corrected chi connectivity index (χ0v) is 23.8. The van der Waals surface area contributed by atoms with Crippen LogP contribution in [0.5, 0.6) is 0 Å². The van der Waals surface area contributed by atoms with Gasteiger partial charge >= 0.3 is 5.97 Å². The van der Waals surface area contributed by atoms with Crippen LogP contribution in [0.2, 0.25) is 0 Å². The second kappa shape index (κ2) is 16.6. The molecule has 234 valence electrons. The number of amides is 5. The second-order valence-electron chi connectivity index (χ2n) is 10.2. The van der Waals surface area contributed by atoms with Gasteiger partial charge in [0.15, 0.2) is 0 Å². The molecule has 5 amide bonds. The van der Waals surface area contributed by atoms with Gasteiger partial charge in [-0.3, -0.25) is 24.0 Å². The molecular weight excluding hydrogens is 564 g/mol. The maximum atomic E-state index is 13.1. The first-order chi connectivity index (χ1) is 20.3. The molecule has 16 heteroatoms. The van der Waals surface area contributed by atoms with Crippen LogP contribution in [0.4, 0.5) is 0 Å². The summed E-state index contributed by atoms with van der Waals surface area (Å²) in [6.07, 6.45) is 2.29. The van der Waals surface area contributed by atoms with E-state index in [0.29, 0.717) is 11.3 Å². The van der Waals surface area contributed by atoms with Crippen LogP contribution in [0.25, 0.3) is 0 Å². The number of rotatable bonds is 17. The Balaban J connectivity index is 2.09. The second-order valence-corrected chi connectivity index (χ2v) is 10.2. The number of benzene rings is 1. The number of imidazole rings is 1. The summed E-state index contributed by atoms with van der Waals surface area (Å²) in [6, 6.07) is 1.68. The molecule has 0 unspecified atom stereocenters. The maximum Gasteiger partial charge on any atom is 0.326 e. The van der Waals surface area contributed by atoms with Crippen molar-refractivity contribution < 1.29 is 39.0 Å². The van der Waals surface area contributed by atoms with Crippen LogP contribution >= 0.6 is 0 Å². The summed E-state index contributed by atoms with van der Waals surface area (Å²) < 4.78 is 0. The highest BCUT2D eigenvalue weighted by atomic mass is 16.4. The zero-order valence-electron chi connectivity index (χ0n) is 23.8. The number of nitrogens with one attached hydrogen (secondary N) is 5. The number of hydrogen-bond acceptors (Lipinski definition) is 9. The van der Waals surface area contributed by atoms with Crippen LogP contribution in [-0.4, -0.2) is 92.5 Å². The lowest BCUT2D eigenvalue weighted by atomic mass is 10.0.